The third kappa shape index (κ3) is 4.15. The van der Waals surface area contributed by atoms with Gasteiger partial charge in [-0.1, -0.05) is 37.3 Å². The molecule has 0 radical (unpaired) electrons. The van der Waals surface area contributed by atoms with Crippen molar-refractivity contribution < 1.29 is 4.79 Å². The SMILES string of the molecule is Cc1c(C)n(Cc2ccccc2)c2ccc(C(=O)NC[C@H](C)Cn3cccn3)cc12. The molecule has 0 bridgehead atoms. The van der Waals surface area contributed by atoms with Crippen molar-refractivity contribution in [1.29, 1.82) is 0 Å². The monoisotopic (exact) mass is 400 g/mol. The molecule has 0 aliphatic rings. The summed E-state index contributed by atoms with van der Waals surface area (Å²) in [6, 6.07) is 18.4. The van der Waals surface area contributed by atoms with Gasteiger partial charge >= 0.3 is 0 Å². The zero-order valence-electron chi connectivity index (χ0n) is 17.8. The third-order valence-electron chi connectivity index (χ3n) is 5.75. The van der Waals surface area contributed by atoms with Gasteiger partial charge in [0.25, 0.3) is 5.91 Å². The van der Waals surface area contributed by atoms with E-state index >= 15 is 0 Å². The van der Waals surface area contributed by atoms with Gasteiger partial charge in [0.2, 0.25) is 0 Å². The summed E-state index contributed by atoms with van der Waals surface area (Å²) < 4.78 is 4.22. The van der Waals surface area contributed by atoms with Crippen molar-refractivity contribution in [3.63, 3.8) is 0 Å². The maximum atomic E-state index is 12.7. The van der Waals surface area contributed by atoms with Crippen LogP contribution >= 0.6 is 0 Å². The van der Waals surface area contributed by atoms with E-state index in [2.05, 4.69) is 66.1 Å². The summed E-state index contributed by atoms with van der Waals surface area (Å²) in [5, 5.41) is 8.44. The molecule has 2 aromatic heterocycles. The van der Waals surface area contributed by atoms with Crippen molar-refractivity contribution in [1.82, 2.24) is 19.7 Å². The molecule has 5 nitrogen and oxygen atoms in total. The van der Waals surface area contributed by atoms with E-state index in [0.29, 0.717) is 18.0 Å². The van der Waals surface area contributed by atoms with Crippen LogP contribution in [0.2, 0.25) is 0 Å². The van der Waals surface area contributed by atoms with Crippen molar-refractivity contribution in [3.05, 3.63) is 89.4 Å². The Morgan fingerprint density at radius 2 is 1.90 bits per heavy atom. The number of carbonyl (C=O) groups is 1. The molecular weight excluding hydrogens is 372 g/mol. The van der Waals surface area contributed by atoms with Crippen molar-refractivity contribution in [2.24, 2.45) is 5.92 Å². The van der Waals surface area contributed by atoms with Crippen LogP contribution in [0.15, 0.2) is 67.0 Å². The van der Waals surface area contributed by atoms with E-state index < -0.39 is 0 Å². The molecule has 0 spiro atoms. The topological polar surface area (TPSA) is 51.9 Å². The lowest BCUT2D eigenvalue weighted by Crippen LogP contribution is -2.30. The summed E-state index contributed by atoms with van der Waals surface area (Å²) in [7, 11) is 0. The Bertz CT molecular complexity index is 1140. The maximum Gasteiger partial charge on any atom is 0.251 e. The number of aromatic nitrogens is 3. The molecule has 2 heterocycles. The quantitative estimate of drug-likeness (QED) is 0.494. The van der Waals surface area contributed by atoms with Crippen molar-refractivity contribution in [2.45, 2.75) is 33.9 Å². The van der Waals surface area contributed by atoms with Crippen molar-refractivity contribution >= 4 is 16.8 Å². The minimum Gasteiger partial charge on any atom is -0.352 e. The lowest BCUT2D eigenvalue weighted by Gasteiger charge is -2.13. The van der Waals surface area contributed by atoms with Crippen molar-refractivity contribution in [3.8, 4) is 0 Å². The first-order valence-electron chi connectivity index (χ1n) is 10.4. The van der Waals surface area contributed by atoms with Gasteiger partial charge in [0, 0.05) is 54.2 Å². The number of rotatable bonds is 7. The van der Waals surface area contributed by atoms with Gasteiger partial charge in [0.15, 0.2) is 0 Å². The molecule has 0 saturated carbocycles. The summed E-state index contributed by atoms with van der Waals surface area (Å²) >= 11 is 0. The van der Waals surface area contributed by atoms with Crippen molar-refractivity contribution in [2.75, 3.05) is 6.54 Å². The lowest BCUT2D eigenvalue weighted by molar-refractivity contribution is 0.0946. The molecule has 5 heteroatoms. The fourth-order valence-corrected chi connectivity index (χ4v) is 3.92. The zero-order valence-corrected chi connectivity index (χ0v) is 17.8. The van der Waals surface area contributed by atoms with Gasteiger partial charge in [-0.25, -0.2) is 0 Å². The minimum atomic E-state index is -0.0305. The Morgan fingerprint density at radius 1 is 1.10 bits per heavy atom. The average Bonchev–Trinajstić information content (AvgIpc) is 3.35. The largest absolute Gasteiger partial charge is 0.352 e. The highest BCUT2D eigenvalue weighted by atomic mass is 16.1. The number of amides is 1. The van der Waals surface area contributed by atoms with Gasteiger partial charge in [-0.2, -0.15) is 5.10 Å². The molecule has 154 valence electrons. The number of hydrogen-bond donors (Lipinski definition) is 1. The first-order valence-corrected chi connectivity index (χ1v) is 10.4. The number of nitrogens with zero attached hydrogens (tertiary/aromatic N) is 3. The van der Waals surface area contributed by atoms with Gasteiger partial charge in [-0.3, -0.25) is 9.48 Å². The Hall–Kier alpha value is -3.34. The van der Waals surface area contributed by atoms with Gasteiger partial charge < -0.3 is 9.88 Å². The van der Waals surface area contributed by atoms with Crippen LogP contribution in [-0.4, -0.2) is 26.8 Å². The number of aryl methyl sites for hydroxylation is 1. The number of benzene rings is 2. The fourth-order valence-electron chi connectivity index (χ4n) is 3.92. The average molecular weight is 401 g/mol. The Labute approximate surface area is 177 Å². The van der Waals surface area contributed by atoms with E-state index in [4.69, 9.17) is 0 Å². The second kappa shape index (κ2) is 8.57. The van der Waals surface area contributed by atoms with Gasteiger partial charge in [0.1, 0.15) is 0 Å². The minimum absolute atomic E-state index is 0.0305. The van der Waals surface area contributed by atoms with Crippen LogP contribution < -0.4 is 5.32 Å². The van der Waals surface area contributed by atoms with Gasteiger partial charge in [-0.15, -0.1) is 0 Å². The van der Waals surface area contributed by atoms with Crippen LogP contribution in [0, 0.1) is 19.8 Å². The first kappa shape index (κ1) is 20.0. The summed E-state index contributed by atoms with van der Waals surface area (Å²) in [5.74, 6) is 0.269. The van der Waals surface area contributed by atoms with Gasteiger partial charge in [-0.05, 0) is 55.2 Å². The van der Waals surface area contributed by atoms with Crippen LogP contribution in [0.3, 0.4) is 0 Å². The summed E-state index contributed by atoms with van der Waals surface area (Å²) in [6.07, 6.45) is 3.71. The van der Waals surface area contributed by atoms with Crippen LogP contribution in [0.4, 0.5) is 0 Å². The molecule has 0 fully saturated rings. The Kier molecular flexibility index (Phi) is 5.70. The summed E-state index contributed by atoms with van der Waals surface area (Å²) in [6.45, 7) is 8.62. The first-order chi connectivity index (χ1) is 14.5. The van der Waals surface area contributed by atoms with E-state index in [-0.39, 0.29) is 5.91 Å². The van der Waals surface area contributed by atoms with Gasteiger partial charge in [0.05, 0.1) is 0 Å². The zero-order chi connectivity index (χ0) is 21.1. The smallest absolute Gasteiger partial charge is 0.251 e. The number of carbonyl (C=O) groups excluding carboxylic acids is 1. The van der Waals surface area contributed by atoms with Crippen LogP contribution in [-0.2, 0) is 13.1 Å². The second-order valence-electron chi connectivity index (χ2n) is 8.06. The maximum absolute atomic E-state index is 12.7. The molecular formula is C25H28N4O. The van der Waals surface area contributed by atoms with Crippen LogP contribution in [0.5, 0.6) is 0 Å². The predicted molar refractivity (Wildman–Crippen MR) is 121 cm³/mol. The molecule has 1 atom stereocenters. The van der Waals surface area contributed by atoms with Crippen LogP contribution in [0.25, 0.3) is 10.9 Å². The molecule has 0 unspecified atom stereocenters. The van der Waals surface area contributed by atoms with E-state index in [9.17, 15) is 4.79 Å². The summed E-state index contributed by atoms with van der Waals surface area (Å²) in [5.41, 5.74) is 5.60. The molecule has 1 amide bonds. The molecule has 0 saturated heterocycles. The fraction of sp³-hybridized carbons (Fsp3) is 0.280. The highest BCUT2D eigenvalue weighted by Crippen LogP contribution is 2.27. The molecule has 0 aliphatic carbocycles. The number of fused-ring (bicyclic) bond motifs is 1. The number of nitrogens with one attached hydrogen (secondary N) is 1. The van der Waals surface area contributed by atoms with E-state index in [0.717, 1.165) is 24.0 Å². The molecule has 4 rings (SSSR count). The molecule has 0 aliphatic heterocycles. The lowest BCUT2D eigenvalue weighted by atomic mass is 10.1. The van der Waals surface area contributed by atoms with E-state index in [1.54, 1.807) is 6.20 Å². The standard InChI is InChI=1S/C25H28N4O/c1-18(16-28-13-7-12-27-28)15-26-25(30)22-10-11-24-23(14-22)19(2)20(3)29(24)17-21-8-5-4-6-9-21/h4-14,18H,15-17H2,1-3H3,(H,26,30)/t18-/m0/s1. The Balaban J connectivity index is 1.50. The normalized spacial score (nSPS) is 12.2. The highest BCUT2D eigenvalue weighted by Gasteiger charge is 2.15. The van der Waals surface area contributed by atoms with E-state index in [1.807, 2.05) is 35.1 Å². The molecule has 30 heavy (non-hydrogen) atoms. The predicted octanol–water partition coefficient (Wildman–Crippen LogP) is 4.57. The second-order valence-corrected chi connectivity index (χ2v) is 8.06. The molecule has 2 aromatic carbocycles. The van der Waals surface area contributed by atoms with Crippen LogP contribution in [0.1, 0.15) is 34.1 Å². The van der Waals surface area contributed by atoms with E-state index in [1.165, 1.54) is 16.8 Å². The third-order valence-corrected chi connectivity index (χ3v) is 5.75. The highest BCUT2D eigenvalue weighted by molar-refractivity contribution is 5.99. The Morgan fingerprint density at radius 3 is 2.63 bits per heavy atom. The molecule has 1 N–H and O–H groups in total. The number of hydrogen-bond acceptors (Lipinski definition) is 2. The molecule has 4 aromatic rings. The summed E-state index contributed by atoms with van der Waals surface area (Å²) in [4.78, 5) is 12.7.